The maximum absolute atomic E-state index is 4.36. The third-order valence-corrected chi connectivity index (χ3v) is 2.51. The van der Waals surface area contributed by atoms with E-state index in [0.29, 0.717) is 5.65 Å². The molecule has 0 spiro atoms. The first-order valence-electron chi connectivity index (χ1n) is 4.61. The van der Waals surface area contributed by atoms with Gasteiger partial charge in [0.05, 0.1) is 10.7 Å². The van der Waals surface area contributed by atoms with Gasteiger partial charge in [0.25, 0.3) is 0 Å². The van der Waals surface area contributed by atoms with Crippen molar-refractivity contribution in [1.82, 2.24) is 24.7 Å². The van der Waals surface area contributed by atoms with Crippen molar-refractivity contribution in [2.45, 2.75) is 0 Å². The van der Waals surface area contributed by atoms with E-state index in [9.17, 15) is 0 Å². The molecule has 16 heavy (non-hydrogen) atoms. The molecule has 3 aromatic rings. The fourth-order valence-corrected chi connectivity index (χ4v) is 1.68. The summed E-state index contributed by atoms with van der Waals surface area (Å²) in [6.45, 7) is 0. The van der Waals surface area contributed by atoms with Crippen LogP contribution in [0, 0.1) is 0 Å². The molecule has 0 bridgehead atoms. The number of fused-ring (bicyclic) bond motifs is 1. The van der Waals surface area contributed by atoms with Gasteiger partial charge in [-0.05, 0) is 28.1 Å². The van der Waals surface area contributed by atoms with Crippen molar-refractivity contribution < 1.29 is 0 Å². The first-order chi connectivity index (χ1) is 7.83. The maximum atomic E-state index is 4.36. The van der Waals surface area contributed by atoms with E-state index in [1.54, 1.807) is 23.3 Å². The summed E-state index contributed by atoms with van der Waals surface area (Å²) in [5, 5.41) is 4.15. The Morgan fingerprint density at radius 2 is 2.00 bits per heavy atom. The SMILES string of the molecule is Brc1cnn(-c2ccc3nccnc3n2)c1. The van der Waals surface area contributed by atoms with E-state index in [1.165, 1.54) is 0 Å². The van der Waals surface area contributed by atoms with Crippen LogP contribution in [0.4, 0.5) is 0 Å². The van der Waals surface area contributed by atoms with Gasteiger partial charge in [-0.1, -0.05) is 0 Å². The Bertz CT molecular complexity index is 648. The van der Waals surface area contributed by atoms with Gasteiger partial charge in [-0.25, -0.2) is 14.6 Å². The molecular formula is C10H6BrN5. The standard InChI is InChI=1S/C10H6BrN5/c11-7-5-14-16(6-7)9-2-1-8-10(15-9)13-4-3-12-8/h1-6H. The Morgan fingerprint density at radius 3 is 2.81 bits per heavy atom. The van der Waals surface area contributed by atoms with E-state index >= 15 is 0 Å². The van der Waals surface area contributed by atoms with Gasteiger partial charge in [0, 0.05) is 18.6 Å². The van der Waals surface area contributed by atoms with Crippen LogP contribution >= 0.6 is 15.9 Å². The number of aromatic nitrogens is 5. The van der Waals surface area contributed by atoms with E-state index in [1.807, 2.05) is 18.3 Å². The molecule has 0 N–H and O–H groups in total. The minimum Gasteiger partial charge on any atom is -0.251 e. The minimum atomic E-state index is 0.617. The Hall–Kier alpha value is -1.82. The zero-order valence-corrected chi connectivity index (χ0v) is 9.66. The Kier molecular flexibility index (Phi) is 2.14. The molecule has 0 amide bonds. The summed E-state index contributed by atoms with van der Waals surface area (Å²) in [6.07, 6.45) is 6.82. The molecule has 3 rings (SSSR count). The molecule has 3 heterocycles. The van der Waals surface area contributed by atoms with Crippen LogP contribution in [0.5, 0.6) is 0 Å². The average molecular weight is 276 g/mol. The summed E-state index contributed by atoms with van der Waals surface area (Å²) in [4.78, 5) is 12.7. The van der Waals surface area contributed by atoms with Gasteiger partial charge in [0.1, 0.15) is 5.52 Å². The quantitative estimate of drug-likeness (QED) is 0.682. The number of nitrogens with zero attached hydrogens (tertiary/aromatic N) is 5. The number of rotatable bonds is 1. The highest BCUT2D eigenvalue weighted by Gasteiger charge is 2.02. The normalized spacial score (nSPS) is 10.8. The maximum Gasteiger partial charge on any atom is 0.180 e. The van der Waals surface area contributed by atoms with Gasteiger partial charge in [-0.15, -0.1) is 0 Å². The van der Waals surface area contributed by atoms with Crippen molar-refractivity contribution in [3.63, 3.8) is 0 Å². The smallest absolute Gasteiger partial charge is 0.180 e. The van der Waals surface area contributed by atoms with Gasteiger partial charge in [0.15, 0.2) is 11.5 Å². The zero-order chi connectivity index (χ0) is 11.0. The molecule has 78 valence electrons. The Morgan fingerprint density at radius 1 is 1.12 bits per heavy atom. The van der Waals surface area contributed by atoms with Crippen LogP contribution in [0.25, 0.3) is 17.0 Å². The molecule has 3 aromatic heterocycles. The molecule has 0 aliphatic carbocycles. The lowest BCUT2D eigenvalue weighted by Gasteiger charge is -2.00. The predicted octanol–water partition coefficient (Wildman–Crippen LogP) is 1.97. The summed E-state index contributed by atoms with van der Waals surface area (Å²) >= 11 is 3.34. The monoisotopic (exact) mass is 275 g/mol. The van der Waals surface area contributed by atoms with Gasteiger partial charge < -0.3 is 0 Å². The fraction of sp³-hybridized carbons (Fsp3) is 0. The highest BCUT2D eigenvalue weighted by Crippen LogP contribution is 2.13. The lowest BCUT2D eigenvalue weighted by Crippen LogP contribution is -1.98. The second-order valence-corrected chi connectivity index (χ2v) is 4.09. The summed E-state index contributed by atoms with van der Waals surface area (Å²) in [6, 6.07) is 3.73. The van der Waals surface area contributed by atoms with Crippen LogP contribution in [0.1, 0.15) is 0 Å². The molecule has 0 unspecified atom stereocenters. The van der Waals surface area contributed by atoms with Gasteiger partial charge >= 0.3 is 0 Å². The molecule has 6 heteroatoms. The molecule has 5 nitrogen and oxygen atoms in total. The Labute approximate surface area is 99.3 Å². The third-order valence-electron chi connectivity index (χ3n) is 2.10. The van der Waals surface area contributed by atoms with Crippen molar-refractivity contribution in [3.8, 4) is 5.82 Å². The van der Waals surface area contributed by atoms with Crippen LogP contribution in [0.3, 0.4) is 0 Å². The van der Waals surface area contributed by atoms with E-state index < -0.39 is 0 Å². The largest absolute Gasteiger partial charge is 0.251 e. The third kappa shape index (κ3) is 1.57. The second kappa shape index (κ2) is 3.64. The van der Waals surface area contributed by atoms with Crippen LogP contribution in [0.15, 0.2) is 41.4 Å². The summed E-state index contributed by atoms with van der Waals surface area (Å²) in [7, 11) is 0. The van der Waals surface area contributed by atoms with E-state index in [-0.39, 0.29) is 0 Å². The summed E-state index contributed by atoms with van der Waals surface area (Å²) in [5.41, 5.74) is 1.39. The molecule has 0 atom stereocenters. The minimum absolute atomic E-state index is 0.617. The van der Waals surface area contributed by atoms with Crippen molar-refractivity contribution in [2.24, 2.45) is 0 Å². The summed E-state index contributed by atoms with van der Waals surface area (Å²) in [5.74, 6) is 0.721. The molecule has 0 saturated carbocycles. The zero-order valence-electron chi connectivity index (χ0n) is 8.08. The molecule has 0 aromatic carbocycles. The first-order valence-corrected chi connectivity index (χ1v) is 5.40. The molecule has 0 radical (unpaired) electrons. The second-order valence-electron chi connectivity index (χ2n) is 3.17. The predicted molar refractivity (Wildman–Crippen MR) is 62.2 cm³/mol. The number of pyridine rings is 1. The molecule has 0 saturated heterocycles. The Balaban J connectivity index is 2.18. The van der Waals surface area contributed by atoms with Crippen molar-refractivity contribution >= 4 is 27.1 Å². The van der Waals surface area contributed by atoms with E-state index in [0.717, 1.165) is 15.8 Å². The lowest BCUT2D eigenvalue weighted by molar-refractivity contribution is 0.850. The van der Waals surface area contributed by atoms with Crippen molar-refractivity contribution in [1.29, 1.82) is 0 Å². The van der Waals surface area contributed by atoms with Crippen LogP contribution < -0.4 is 0 Å². The number of hydrogen-bond acceptors (Lipinski definition) is 4. The molecular weight excluding hydrogens is 270 g/mol. The van der Waals surface area contributed by atoms with Crippen LogP contribution in [-0.2, 0) is 0 Å². The average Bonchev–Trinajstić information content (AvgIpc) is 2.75. The molecule has 0 fully saturated rings. The highest BCUT2D eigenvalue weighted by atomic mass is 79.9. The molecule has 0 aliphatic heterocycles. The van der Waals surface area contributed by atoms with Gasteiger partial charge in [-0.2, -0.15) is 5.10 Å². The van der Waals surface area contributed by atoms with Crippen LogP contribution in [0.2, 0.25) is 0 Å². The lowest BCUT2D eigenvalue weighted by atomic mass is 10.4. The topological polar surface area (TPSA) is 56.5 Å². The molecule has 0 aliphatic rings. The summed E-state index contributed by atoms with van der Waals surface area (Å²) < 4.78 is 2.59. The highest BCUT2D eigenvalue weighted by molar-refractivity contribution is 9.10. The number of halogens is 1. The first kappa shape index (κ1) is 9.41. The van der Waals surface area contributed by atoms with Crippen molar-refractivity contribution in [2.75, 3.05) is 0 Å². The fourth-order valence-electron chi connectivity index (χ4n) is 1.40. The van der Waals surface area contributed by atoms with E-state index in [4.69, 9.17) is 0 Å². The number of hydrogen-bond donors (Lipinski definition) is 0. The van der Waals surface area contributed by atoms with Gasteiger partial charge in [-0.3, -0.25) is 4.98 Å². The van der Waals surface area contributed by atoms with Crippen molar-refractivity contribution in [3.05, 3.63) is 41.4 Å². The van der Waals surface area contributed by atoms with Gasteiger partial charge in [0.2, 0.25) is 0 Å². The van der Waals surface area contributed by atoms with E-state index in [2.05, 4.69) is 36.0 Å². The van der Waals surface area contributed by atoms with Crippen LogP contribution in [-0.4, -0.2) is 24.7 Å².